The fraction of sp³-hybridized carbons (Fsp3) is 0.192. The molecule has 0 heterocycles. The van der Waals surface area contributed by atoms with Crippen LogP contribution in [0.15, 0.2) is 54.6 Å². The molecule has 12 N–H and O–H groups in total. The molecular formula is C26H26ClN3O11. The van der Waals surface area contributed by atoms with E-state index in [-0.39, 0.29) is 44.7 Å². The Balaban J connectivity index is 1.95. The zero-order valence-electron chi connectivity index (χ0n) is 20.9. The average Bonchev–Trinajstić information content (AvgIpc) is 2.94. The molecule has 3 aromatic carbocycles. The number of aromatic hydroxyl groups is 1. The Kier molecular flexibility index (Phi) is 9.72. The first kappa shape index (κ1) is 31.1. The predicted molar refractivity (Wildman–Crippen MR) is 142 cm³/mol. The lowest BCUT2D eigenvalue weighted by Crippen LogP contribution is -2.36. The maximum atomic E-state index is 11.5. The van der Waals surface area contributed by atoms with E-state index in [1.54, 1.807) is 0 Å². The predicted octanol–water partition coefficient (Wildman–Crippen LogP) is 1.61. The minimum Gasteiger partial charge on any atom is -0.502 e. The minimum atomic E-state index is -1.62. The lowest BCUT2D eigenvalue weighted by molar-refractivity contribution is -0.142. The van der Waals surface area contributed by atoms with E-state index in [1.807, 2.05) is 0 Å². The molecule has 15 heteroatoms. The number of carboxylic acid groups (broad SMARTS) is 3. The van der Waals surface area contributed by atoms with Crippen LogP contribution in [0.1, 0.15) is 34.9 Å². The molecular weight excluding hydrogens is 566 g/mol. The van der Waals surface area contributed by atoms with Gasteiger partial charge in [-0.15, -0.1) is 0 Å². The number of carbonyl (C=O) groups is 3. The van der Waals surface area contributed by atoms with Gasteiger partial charge >= 0.3 is 17.9 Å². The van der Waals surface area contributed by atoms with Gasteiger partial charge in [0.15, 0.2) is 11.5 Å². The number of aliphatic carboxylic acids is 3. The average molecular weight is 592 g/mol. The van der Waals surface area contributed by atoms with Crippen molar-refractivity contribution in [2.24, 2.45) is 17.2 Å². The van der Waals surface area contributed by atoms with Crippen LogP contribution in [0.2, 0.25) is 5.02 Å². The number of benzene rings is 3. The van der Waals surface area contributed by atoms with Crippen molar-refractivity contribution in [1.82, 2.24) is 0 Å². The fourth-order valence-corrected chi connectivity index (χ4v) is 3.75. The number of hydrogen-bond acceptors (Lipinski definition) is 11. The number of hydrogen-bond donors (Lipinski definition) is 9. The Morgan fingerprint density at radius 2 is 1.15 bits per heavy atom. The molecule has 14 nitrogen and oxygen atoms in total. The molecule has 0 aliphatic rings. The van der Waals surface area contributed by atoms with E-state index in [0.29, 0.717) is 0 Å². The molecule has 0 radical (unpaired) electrons. The molecule has 0 spiro atoms. The first-order valence-corrected chi connectivity index (χ1v) is 12.0. The summed E-state index contributed by atoms with van der Waals surface area (Å²) < 4.78 is 11.4. The van der Waals surface area contributed by atoms with Crippen molar-refractivity contribution in [1.29, 1.82) is 0 Å². The van der Waals surface area contributed by atoms with E-state index in [1.165, 1.54) is 48.5 Å². The van der Waals surface area contributed by atoms with Crippen LogP contribution in [0.4, 0.5) is 0 Å². The first-order valence-electron chi connectivity index (χ1n) is 11.6. The van der Waals surface area contributed by atoms with E-state index >= 15 is 0 Å². The van der Waals surface area contributed by atoms with Crippen LogP contribution < -0.4 is 26.7 Å². The number of halogens is 1. The summed E-state index contributed by atoms with van der Waals surface area (Å²) in [5, 5.41) is 58.4. The Hall–Kier alpha value is -4.44. The molecule has 0 saturated heterocycles. The Bertz CT molecular complexity index is 1450. The van der Waals surface area contributed by atoms with Crippen molar-refractivity contribution < 1.29 is 54.5 Å². The normalized spacial score (nSPS) is 14.8. The molecule has 0 aliphatic carbocycles. The zero-order valence-corrected chi connectivity index (χ0v) is 21.7. The molecule has 0 fully saturated rings. The summed E-state index contributed by atoms with van der Waals surface area (Å²) in [7, 11) is 0. The number of ether oxygens (including phenoxy) is 2. The third-order valence-corrected chi connectivity index (χ3v) is 6.20. The highest BCUT2D eigenvalue weighted by Crippen LogP contribution is 2.44. The van der Waals surface area contributed by atoms with Gasteiger partial charge in [-0.25, -0.2) is 0 Å². The van der Waals surface area contributed by atoms with Gasteiger partial charge < -0.3 is 57.3 Å². The van der Waals surface area contributed by atoms with E-state index in [4.69, 9.17) is 48.5 Å². The van der Waals surface area contributed by atoms with E-state index < -0.39 is 54.0 Å². The van der Waals surface area contributed by atoms with Crippen molar-refractivity contribution in [3.63, 3.8) is 0 Å². The van der Waals surface area contributed by atoms with Crippen LogP contribution in [0.25, 0.3) is 0 Å². The second-order valence-corrected chi connectivity index (χ2v) is 9.17. The lowest BCUT2D eigenvalue weighted by Gasteiger charge is -2.19. The Morgan fingerprint density at radius 3 is 1.63 bits per heavy atom. The lowest BCUT2D eigenvalue weighted by atomic mass is 10.0. The second kappa shape index (κ2) is 12.8. The standard InChI is InChI=1S/C26H26ClN3O11/c27-14-7-11(22(32)20(30)26(38)39)3-6-15(14)41-17-9-12(18(28)24(34)35)8-16(23(17)33)40-13-4-1-10(2-5-13)21(31)19(29)25(36)37/h1-9,18-22,31-33H,28-30H2,(H,34,35)(H,36,37)(H,38,39)/t18-,19-,20+,21-,22-/m1/s1. The summed E-state index contributed by atoms with van der Waals surface area (Å²) in [6.07, 6.45) is -3.10. The molecule has 3 rings (SSSR count). The number of rotatable bonds is 12. The zero-order chi connectivity index (χ0) is 30.6. The van der Waals surface area contributed by atoms with Gasteiger partial charge in [0, 0.05) is 0 Å². The molecule has 3 aromatic rings. The molecule has 41 heavy (non-hydrogen) atoms. The molecule has 0 unspecified atom stereocenters. The second-order valence-electron chi connectivity index (χ2n) is 8.76. The van der Waals surface area contributed by atoms with Crippen molar-refractivity contribution >= 4 is 29.5 Å². The van der Waals surface area contributed by atoms with Crippen molar-refractivity contribution in [3.8, 4) is 28.7 Å². The smallest absolute Gasteiger partial charge is 0.325 e. The summed E-state index contributed by atoms with van der Waals surface area (Å²) >= 11 is 6.24. The van der Waals surface area contributed by atoms with Gasteiger partial charge in [0.25, 0.3) is 0 Å². The molecule has 0 saturated carbocycles. The highest BCUT2D eigenvalue weighted by atomic mass is 35.5. The first-order chi connectivity index (χ1) is 19.2. The summed E-state index contributed by atoms with van der Waals surface area (Å²) in [4.78, 5) is 33.6. The molecule has 5 atom stereocenters. The largest absolute Gasteiger partial charge is 0.502 e. The number of phenols is 1. The van der Waals surface area contributed by atoms with Gasteiger partial charge in [-0.3, -0.25) is 14.4 Å². The van der Waals surface area contributed by atoms with Gasteiger partial charge in [0.2, 0.25) is 5.75 Å². The molecule has 0 aromatic heterocycles. The SMILES string of the molecule is N[C@H](C(=O)O)[C@H](O)c1ccc(Oc2cc([C@@H](N)C(=O)O)cc(Oc3ccc([C@@H](O)[C@@H](N)C(=O)O)cc3)c2O)c(Cl)c1. The summed E-state index contributed by atoms with van der Waals surface area (Å²) in [5.41, 5.74) is 16.9. The maximum absolute atomic E-state index is 11.5. The fourth-order valence-electron chi connectivity index (χ4n) is 3.53. The quantitative estimate of drug-likeness (QED) is 0.145. The number of carboxylic acids is 3. The summed E-state index contributed by atoms with van der Waals surface area (Å²) in [6.45, 7) is 0. The van der Waals surface area contributed by atoms with Gasteiger partial charge in [-0.1, -0.05) is 29.8 Å². The van der Waals surface area contributed by atoms with Crippen LogP contribution in [0.3, 0.4) is 0 Å². The monoisotopic (exact) mass is 591 g/mol. The molecule has 0 amide bonds. The van der Waals surface area contributed by atoms with Crippen molar-refractivity contribution in [3.05, 3.63) is 76.3 Å². The van der Waals surface area contributed by atoms with E-state index in [0.717, 1.165) is 6.07 Å². The Labute approximate surface area is 236 Å². The van der Waals surface area contributed by atoms with Gasteiger partial charge in [-0.2, -0.15) is 0 Å². The van der Waals surface area contributed by atoms with Crippen LogP contribution >= 0.6 is 11.6 Å². The number of nitrogens with two attached hydrogens (primary N) is 3. The van der Waals surface area contributed by atoms with Crippen molar-refractivity contribution in [2.75, 3.05) is 0 Å². The highest BCUT2D eigenvalue weighted by molar-refractivity contribution is 6.32. The van der Waals surface area contributed by atoms with E-state index in [9.17, 15) is 34.8 Å². The minimum absolute atomic E-state index is 0.0321. The number of phenolic OH excluding ortho intramolecular Hbond substituents is 1. The van der Waals surface area contributed by atoms with Crippen molar-refractivity contribution in [2.45, 2.75) is 30.3 Å². The number of aliphatic hydroxyl groups excluding tert-OH is 2. The molecule has 0 aliphatic heterocycles. The molecule has 218 valence electrons. The van der Waals surface area contributed by atoms with Gasteiger partial charge in [0.05, 0.1) is 5.02 Å². The summed E-state index contributed by atoms with van der Waals surface area (Å²) in [5.74, 6) is -5.39. The van der Waals surface area contributed by atoms with E-state index in [2.05, 4.69) is 0 Å². The highest BCUT2D eigenvalue weighted by Gasteiger charge is 2.26. The van der Waals surface area contributed by atoms with Gasteiger partial charge in [0.1, 0.15) is 41.8 Å². The van der Waals surface area contributed by atoms with Crippen LogP contribution in [-0.4, -0.2) is 60.6 Å². The van der Waals surface area contributed by atoms with Crippen LogP contribution in [-0.2, 0) is 14.4 Å². The maximum Gasteiger partial charge on any atom is 0.325 e. The van der Waals surface area contributed by atoms with Crippen LogP contribution in [0, 0.1) is 0 Å². The summed E-state index contributed by atoms with van der Waals surface area (Å²) in [6, 6.07) is 6.71. The third-order valence-electron chi connectivity index (χ3n) is 5.90. The Morgan fingerprint density at radius 1 is 0.659 bits per heavy atom. The molecule has 0 bridgehead atoms. The van der Waals surface area contributed by atoms with Gasteiger partial charge in [-0.05, 0) is 53.1 Å². The number of aliphatic hydroxyl groups is 2. The topological polar surface area (TPSA) is 269 Å². The third kappa shape index (κ3) is 7.20. The van der Waals surface area contributed by atoms with Crippen LogP contribution in [0.5, 0.6) is 28.7 Å².